The first-order chi connectivity index (χ1) is 12.0. The standard InChI is InChI=1S/C19H23N3O2S/c1-22(2)15(13-6-4-3-5-7-13)12-20-19(24)16-10-11-17(25-16)21-18(23)14-8-9-14/h3-7,10-11,14-15H,8-9,12H2,1-2H3,(H,20,24)(H,21,23). The van der Waals surface area contributed by atoms with E-state index in [0.29, 0.717) is 11.4 Å². The average Bonchev–Trinajstić information content (AvgIpc) is 3.35. The van der Waals surface area contributed by atoms with Crippen molar-refractivity contribution in [1.82, 2.24) is 10.2 Å². The maximum Gasteiger partial charge on any atom is 0.261 e. The van der Waals surface area contributed by atoms with Crippen LogP contribution in [0, 0.1) is 5.92 Å². The van der Waals surface area contributed by atoms with Crippen LogP contribution in [0.3, 0.4) is 0 Å². The molecule has 2 aromatic rings. The third-order valence-electron chi connectivity index (χ3n) is 4.29. The zero-order valence-electron chi connectivity index (χ0n) is 14.5. The fourth-order valence-electron chi connectivity index (χ4n) is 2.65. The Hall–Kier alpha value is -2.18. The van der Waals surface area contributed by atoms with Crippen LogP contribution in [0.5, 0.6) is 0 Å². The van der Waals surface area contributed by atoms with Gasteiger partial charge >= 0.3 is 0 Å². The van der Waals surface area contributed by atoms with E-state index in [1.807, 2.05) is 32.3 Å². The summed E-state index contributed by atoms with van der Waals surface area (Å²) in [6.45, 7) is 0.525. The van der Waals surface area contributed by atoms with Crippen molar-refractivity contribution >= 4 is 28.2 Å². The molecule has 1 atom stereocenters. The highest BCUT2D eigenvalue weighted by Gasteiger charge is 2.29. The van der Waals surface area contributed by atoms with Crippen molar-refractivity contribution in [3.8, 4) is 0 Å². The van der Waals surface area contributed by atoms with Gasteiger partial charge in [0, 0.05) is 12.5 Å². The summed E-state index contributed by atoms with van der Waals surface area (Å²) in [5, 5.41) is 6.61. The van der Waals surface area contributed by atoms with Crippen molar-refractivity contribution in [3.05, 3.63) is 52.9 Å². The number of rotatable bonds is 7. The van der Waals surface area contributed by atoms with Gasteiger partial charge in [0.15, 0.2) is 0 Å². The molecule has 2 amide bonds. The lowest BCUT2D eigenvalue weighted by Gasteiger charge is -2.25. The Morgan fingerprint density at radius 1 is 1.16 bits per heavy atom. The van der Waals surface area contributed by atoms with Gasteiger partial charge in [-0.3, -0.25) is 9.59 Å². The fourth-order valence-corrected chi connectivity index (χ4v) is 3.47. The van der Waals surface area contributed by atoms with Gasteiger partial charge in [0.25, 0.3) is 5.91 Å². The number of anilines is 1. The summed E-state index contributed by atoms with van der Waals surface area (Å²) in [6, 6.07) is 13.8. The summed E-state index contributed by atoms with van der Waals surface area (Å²) in [4.78, 5) is 26.9. The lowest BCUT2D eigenvalue weighted by Crippen LogP contribution is -2.34. The summed E-state index contributed by atoms with van der Waals surface area (Å²) in [5.74, 6) is 0.108. The van der Waals surface area contributed by atoms with E-state index in [1.54, 1.807) is 12.1 Å². The third kappa shape index (κ3) is 4.67. The second-order valence-corrected chi connectivity index (χ2v) is 7.61. The van der Waals surface area contributed by atoms with Gasteiger partial charge in [0.1, 0.15) is 0 Å². The van der Waals surface area contributed by atoms with Gasteiger partial charge in [-0.1, -0.05) is 30.3 Å². The van der Waals surface area contributed by atoms with E-state index < -0.39 is 0 Å². The predicted molar refractivity (Wildman–Crippen MR) is 101 cm³/mol. The molecule has 6 heteroatoms. The van der Waals surface area contributed by atoms with Crippen molar-refractivity contribution in [2.45, 2.75) is 18.9 Å². The van der Waals surface area contributed by atoms with Crippen molar-refractivity contribution in [3.63, 3.8) is 0 Å². The van der Waals surface area contributed by atoms with Crippen LogP contribution < -0.4 is 10.6 Å². The van der Waals surface area contributed by atoms with Crippen molar-refractivity contribution in [1.29, 1.82) is 0 Å². The molecule has 1 aliphatic carbocycles. The van der Waals surface area contributed by atoms with Crippen LogP contribution in [0.1, 0.15) is 34.1 Å². The number of hydrogen-bond donors (Lipinski definition) is 2. The molecule has 0 radical (unpaired) electrons. The normalized spacial score (nSPS) is 15.0. The Morgan fingerprint density at radius 2 is 1.88 bits per heavy atom. The SMILES string of the molecule is CN(C)C(CNC(=O)c1ccc(NC(=O)C2CC2)s1)c1ccccc1. The molecule has 0 aliphatic heterocycles. The van der Waals surface area contributed by atoms with Gasteiger partial charge in [-0.15, -0.1) is 11.3 Å². The van der Waals surface area contributed by atoms with Crippen LogP contribution in [0.15, 0.2) is 42.5 Å². The summed E-state index contributed by atoms with van der Waals surface area (Å²) in [5.41, 5.74) is 1.16. The van der Waals surface area contributed by atoms with Crippen molar-refractivity contribution < 1.29 is 9.59 Å². The smallest absolute Gasteiger partial charge is 0.261 e. The first kappa shape index (κ1) is 17.6. The van der Waals surface area contributed by atoms with Crippen LogP contribution >= 0.6 is 11.3 Å². The molecular formula is C19H23N3O2S. The van der Waals surface area contributed by atoms with Gasteiger partial charge in [-0.05, 0) is 44.6 Å². The van der Waals surface area contributed by atoms with Gasteiger partial charge in [0.2, 0.25) is 5.91 Å². The Bertz CT molecular complexity index is 738. The molecule has 0 saturated heterocycles. The average molecular weight is 357 g/mol. The lowest BCUT2D eigenvalue weighted by molar-refractivity contribution is -0.117. The molecule has 5 nitrogen and oxygen atoms in total. The first-order valence-corrected chi connectivity index (χ1v) is 9.26. The fraction of sp³-hybridized carbons (Fsp3) is 0.368. The first-order valence-electron chi connectivity index (χ1n) is 8.45. The Labute approximate surface area is 152 Å². The molecule has 1 aromatic heterocycles. The number of nitrogens with zero attached hydrogens (tertiary/aromatic N) is 1. The minimum Gasteiger partial charge on any atom is -0.349 e. The molecular weight excluding hydrogens is 334 g/mol. The molecule has 1 aromatic carbocycles. The van der Waals surface area contributed by atoms with Crippen molar-refractivity contribution in [2.75, 3.05) is 26.0 Å². The third-order valence-corrected chi connectivity index (χ3v) is 5.29. The topological polar surface area (TPSA) is 61.4 Å². The van der Waals surface area contributed by atoms with Crippen LogP contribution in [0.25, 0.3) is 0 Å². The summed E-state index contributed by atoms with van der Waals surface area (Å²) < 4.78 is 0. The van der Waals surface area contributed by atoms with Crippen LogP contribution in [0.2, 0.25) is 0 Å². The van der Waals surface area contributed by atoms with Crippen LogP contribution in [0.4, 0.5) is 5.00 Å². The molecule has 0 spiro atoms. The van der Waals surface area contributed by atoms with E-state index in [9.17, 15) is 9.59 Å². The monoisotopic (exact) mass is 357 g/mol. The lowest BCUT2D eigenvalue weighted by atomic mass is 10.1. The zero-order chi connectivity index (χ0) is 17.8. The molecule has 1 fully saturated rings. The summed E-state index contributed by atoms with van der Waals surface area (Å²) >= 11 is 1.31. The maximum absolute atomic E-state index is 12.4. The zero-order valence-corrected chi connectivity index (χ0v) is 15.3. The molecule has 1 unspecified atom stereocenters. The number of hydrogen-bond acceptors (Lipinski definition) is 4. The maximum atomic E-state index is 12.4. The van der Waals surface area contributed by atoms with E-state index in [4.69, 9.17) is 0 Å². The number of nitrogens with one attached hydrogen (secondary N) is 2. The number of carbonyl (C=O) groups excluding carboxylic acids is 2. The van der Waals surface area contributed by atoms with E-state index in [0.717, 1.165) is 23.4 Å². The minimum atomic E-state index is -0.111. The second-order valence-electron chi connectivity index (χ2n) is 6.53. The molecule has 25 heavy (non-hydrogen) atoms. The second kappa shape index (κ2) is 7.80. The number of benzene rings is 1. The summed E-state index contributed by atoms with van der Waals surface area (Å²) in [6.07, 6.45) is 1.94. The highest BCUT2D eigenvalue weighted by atomic mass is 32.1. The molecule has 1 heterocycles. The van der Waals surface area contributed by atoms with E-state index in [1.165, 1.54) is 11.3 Å². The van der Waals surface area contributed by atoms with Gasteiger partial charge < -0.3 is 15.5 Å². The van der Waals surface area contributed by atoms with Crippen LogP contribution in [-0.4, -0.2) is 37.4 Å². The van der Waals surface area contributed by atoms with E-state index >= 15 is 0 Å². The quantitative estimate of drug-likeness (QED) is 0.800. The van der Waals surface area contributed by atoms with E-state index in [2.05, 4.69) is 27.7 Å². The molecule has 1 aliphatic rings. The Kier molecular flexibility index (Phi) is 5.50. The highest BCUT2D eigenvalue weighted by molar-refractivity contribution is 7.18. The number of carbonyl (C=O) groups is 2. The number of thiophene rings is 1. The molecule has 1 saturated carbocycles. The molecule has 132 valence electrons. The van der Waals surface area contributed by atoms with Gasteiger partial charge in [-0.2, -0.15) is 0 Å². The highest BCUT2D eigenvalue weighted by Crippen LogP contribution is 2.31. The molecule has 2 N–H and O–H groups in total. The minimum absolute atomic E-state index is 0.0607. The molecule has 0 bridgehead atoms. The Morgan fingerprint density at radius 3 is 2.52 bits per heavy atom. The van der Waals surface area contributed by atoms with Gasteiger partial charge in [0.05, 0.1) is 15.9 Å². The number of amides is 2. The number of likely N-dealkylation sites (N-methyl/N-ethyl adjacent to an activating group) is 1. The largest absolute Gasteiger partial charge is 0.349 e. The predicted octanol–water partition coefficient (Wildman–Crippen LogP) is 3.13. The van der Waals surface area contributed by atoms with E-state index in [-0.39, 0.29) is 23.8 Å². The van der Waals surface area contributed by atoms with Crippen molar-refractivity contribution in [2.24, 2.45) is 5.92 Å². The van der Waals surface area contributed by atoms with Crippen LogP contribution in [-0.2, 0) is 4.79 Å². The van der Waals surface area contributed by atoms with Gasteiger partial charge in [-0.25, -0.2) is 0 Å². The molecule has 3 rings (SSSR count). The Balaban J connectivity index is 1.58. The summed E-state index contributed by atoms with van der Waals surface area (Å²) in [7, 11) is 4.00.